The fourth-order valence-electron chi connectivity index (χ4n) is 3.33. The number of hydrogen-bond donors (Lipinski definition) is 1. The molecule has 1 fully saturated rings. The zero-order valence-electron chi connectivity index (χ0n) is 12.5. The Labute approximate surface area is 126 Å². The Hall–Kier alpha value is -0.910. The lowest BCUT2D eigenvalue weighted by Crippen LogP contribution is -2.44. The van der Waals surface area contributed by atoms with Gasteiger partial charge in [-0.2, -0.15) is 4.31 Å². The minimum absolute atomic E-state index is 0.00819. The number of piperidine rings is 1. The highest BCUT2D eigenvalue weighted by molar-refractivity contribution is 7.89. The fraction of sp³-hybridized carbons (Fsp3) is 0.625. The number of benzene rings is 1. The first kappa shape index (κ1) is 15.0. The molecule has 2 aliphatic rings. The quantitative estimate of drug-likeness (QED) is 0.908. The SMILES string of the molecule is CC1CN(S(=O)(=O)c2ccc3c(c2)CCCC3)CCC1O. The summed E-state index contributed by atoms with van der Waals surface area (Å²) in [7, 11) is -3.43. The maximum absolute atomic E-state index is 12.8. The summed E-state index contributed by atoms with van der Waals surface area (Å²) in [6.45, 7) is 2.71. The number of aryl methyl sites for hydroxylation is 2. The standard InChI is InChI=1S/C16H23NO3S/c1-12-11-17(9-8-16(12)18)21(19,20)15-7-6-13-4-2-3-5-14(13)10-15/h6-7,10,12,16,18H,2-5,8-9,11H2,1H3. The number of aliphatic hydroxyl groups excluding tert-OH is 1. The van der Waals surface area contributed by atoms with Crippen LogP contribution in [0, 0.1) is 5.92 Å². The van der Waals surface area contributed by atoms with Crippen molar-refractivity contribution < 1.29 is 13.5 Å². The zero-order valence-corrected chi connectivity index (χ0v) is 13.3. The van der Waals surface area contributed by atoms with E-state index in [1.807, 2.05) is 19.1 Å². The van der Waals surface area contributed by atoms with E-state index in [1.54, 1.807) is 6.07 Å². The predicted molar refractivity (Wildman–Crippen MR) is 81.6 cm³/mol. The van der Waals surface area contributed by atoms with Crippen molar-refractivity contribution in [2.75, 3.05) is 13.1 Å². The van der Waals surface area contributed by atoms with E-state index in [9.17, 15) is 13.5 Å². The molecule has 3 rings (SSSR count). The molecule has 0 bridgehead atoms. The molecule has 5 heteroatoms. The second-order valence-electron chi connectivity index (χ2n) is 6.33. The number of hydrogen-bond acceptors (Lipinski definition) is 3. The van der Waals surface area contributed by atoms with Crippen LogP contribution in [0.25, 0.3) is 0 Å². The third-order valence-corrected chi connectivity index (χ3v) is 6.64. The van der Waals surface area contributed by atoms with Gasteiger partial charge in [-0.1, -0.05) is 13.0 Å². The maximum Gasteiger partial charge on any atom is 0.243 e. The topological polar surface area (TPSA) is 57.6 Å². The molecule has 4 nitrogen and oxygen atoms in total. The fourth-order valence-corrected chi connectivity index (χ4v) is 4.94. The van der Waals surface area contributed by atoms with Gasteiger partial charge in [0.05, 0.1) is 11.0 Å². The van der Waals surface area contributed by atoms with E-state index in [2.05, 4.69) is 0 Å². The highest BCUT2D eigenvalue weighted by atomic mass is 32.2. The molecule has 1 aliphatic carbocycles. The molecule has 1 heterocycles. The summed E-state index contributed by atoms with van der Waals surface area (Å²) in [5.74, 6) is -0.00819. The highest BCUT2D eigenvalue weighted by Crippen LogP contribution is 2.28. The lowest BCUT2D eigenvalue weighted by molar-refractivity contribution is 0.0628. The Morgan fingerprint density at radius 2 is 1.90 bits per heavy atom. The molecule has 0 aromatic heterocycles. The second-order valence-corrected chi connectivity index (χ2v) is 8.27. The molecule has 0 saturated carbocycles. The van der Waals surface area contributed by atoms with Crippen LogP contribution in [0.15, 0.2) is 23.1 Å². The number of rotatable bonds is 2. The van der Waals surface area contributed by atoms with E-state index in [0.717, 1.165) is 19.3 Å². The van der Waals surface area contributed by atoms with Gasteiger partial charge in [0.1, 0.15) is 0 Å². The minimum atomic E-state index is -3.43. The van der Waals surface area contributed by atoms with Gasteiger partial charge in [-0.25, -0.2) is 8.42 Å². The molecule has 0 radical (unpaired) electrons. The van der Waals surface area contributed by atoms with E-state index < -0.39 is 10.0 Å². The van der Waals surface area contributed by atoms with Gasteiger partial charge < -0.3 is 5.11 Å². The lowest BCUT2D eigenvalue weighted by Gasteiger charge is -2.33. The first-order valence-corrected chi connectivity index (χ1v) is 9.22. The van der Waals surface area contributed by atoms with E-state index in [-0.39, 0.29) is 12.0 Å². The Balaban J connectivity index is 1.88. The number of fused-ring (bicyclic) bond motifs is 1. The van der Waals surface area contributed by atoms with Gasteiger partial charge in [0, 0.05) is 13.1 Å². The van der Waals surface area contributed by atoms with Gasteiger partial charge in [0.2, 0.25) is 10.0 Å². The molecule has 1 aromatic carbocycles. The lowest BCUT2D eigenvalue weighted by atomic mass is 9.92. The Morgan fingerprint density at radius 3 is 2.62 bits per heavy atom. The van der Waals surface area contributed by atoms with Crippen molar-refractivity contribution in [3.8, 4) is 0 Å². The smallest absolute Gasteiger partial charge is 0.243 e. The van der Waals surface area contributed by atoms with E-state index >= 15 is 0 Å². The van der Waals surface area contributed by atoms with Crippen LogP contribution in [-0.2, 0) is 22.9 Å². The van der Waals surface area contributed by atoms with Gasteiger partial charge in [0.25, 0.3) is 0 Å². The van der Waals surface area contributed by atoms with Gasteiger partial charge in [-0.05, 0) is 61.3 Å². The average molecular weight is 309 g/mol. The number of aliphatic hydroxyl groups is 1. The maximum atomic E-state index is 12.8. The normalized spacial score (nSPS) is 27.3. The molecule has 1 saturated heterocycles. The van der Waals surface area contributed by atoms with E-state index in [1.165, 1.54) is 21.9 Å². The third kappa shape index (κ3) is 2.87. The third-order valence-electron chi connectivity index (χ3n) is 4.78. The van der Waals surface area contributed by atoms with Crippen LogP contribution in [0.4, 0.5) is 0 Å². The van der Waals surface area contributed by atoms with E-state index in [0.29, 0.717) is 24.4 Å². The van der Waals surface area contributed by atoms with Crippen LogP contribution in [0.1, 0.15) is 37.3 Å². The van der Waals surface area contributed by atoms with Crippen molar-refractivity contribution in [3.05, 3.63) is 29.3 Å². The Morgan fingerprint density at radius 1 is 1.19 bits per heavy atom. The summed E-state index contributed by atoms with van der Waals surface area (Å²) in [4.78, 5) is 0.409. The predicted octanol–water partition coefficient (Wildman–Crippen LogP) is 1.96. The first-order valence-electron chi connectivity index (χ1n) is 7.78. The Kier molecular flexibility index (Phi) is 4.08. The molecule has 116 valence electrons. The van der Waals surface area contributed by atoms with Crippen LogP contribution in [0.3, 0.4) is 0 Å². The second kappa shape index (κ2) is 5.71. The molecule has 0 amide bonds. The van der Waals surface area contributed by atoms with E-state index in [4.69, 9.17) is 0 Å². The molecule has 0 spiro atoms. The van der Waals surface area contributed by atoms with Gasteiger partial charge in [-0.15, -0.1) is 0 Å². The number of nitrogens with zero attached hydrogens (tertiary/aromatic N) is 1. The van der Waals surface area contributed by atoms with Crippen LogP contribution < -0.4 is 0 Å². The largest absolute Gasteiger partial charge is 0.393 e. The van der Waals surface area contributed by atoms with Gasteiger partial charge >= 0.3 is 0 Å². The van der Waals surface area contributed by atoms with Crippen molar-refractivity contribution in [2.24, 2.45) is 5.92 Å². The van der Waals surface area contributed by atoms with Crippen molar-refractivity contribution >= 4 is 10.0 Å². The average Bonchev–Trinajstić information content (AvgIpc) is 2.49. The molecule has 2 atom stereocenters. The molecular weight excluding hydrogens is 286 g/mol. The summed E-state index contributed by atoms with van der Waals surface area (Å²) < 4.78 is 27.1. The van der Waals surface area contributed by atoms with Crippen LogP contribution in [0.5, 0.6) is 0 Å². The molecule has 1 N–H and O–H groups in total. The van der Waals surface area contributed by atoms with Crippen LogP contribution >= 0.6 is 0 Å². The molecule has 21 heavy (non-hydrogen) atoms. The highest BCUT2D eigenvalue weighted by Gasteiger charge is 2.32. The van der Waals surface area contributed by atoms with Gasteiger partial charge in [-0.3, -0.25) is 0 Å². The van der Waals surface area contributed by atoms with Crippen molar-refractivity contribution in [2.45, 2.75) is 50.0 Å². The minimum Gasteiger partial charge on any atom is -0.393 e. The summed E-state index contributed by atoms with van der Waals surface area (Å²) in [6.07, 6.45) is 4.51. The van der Waals surface area contributed by atoms with Crippen LogP contribution in [0.2, 0.25) is 0 Å². The van der Waals surface area contributed by atoms with Crippen molar-refractivity contribution in [3.63, 3.8) is 0 Å². The summed E-state index contributed by atoms with van der Waals surface area (Å²) in [5.41, 5.74) is 2.48. The number of sulfonamides is 1. The summed E-state index contributed by atoms with van der Waals surface area (Å²) in [5, 5.41) is 9.77. The van der Waals surface area contributed by atoms with Gasteiger partial charge in [0.15, 0.2) is 0 Å². The summed E-state index contributed by atoms with van der Waals surface area (Å²) >= 11 is 0. The molecular formula is C16H23NO3S. The zero-order chi connectivity index (χ0) is 15.0. The Bertz CT molecular complexity index is 626. The van der Waals surface area contributed by atoms with Crippen molar-refractivity contribution in [1.29, 1.82) is 0 Å². The first-order chi connectivity index (χ1) is 9.98. The van der Waals surface area contributed by atoms with Crippen molar-refractivity contribution in [1.82, 2.24) is 4.31 Å². The van der Waals surface area contributed by atoms with Crippen LogP contribution in [-0.4, -0.2) is 37.0 Å². The monoisotopic (exact) mass is 309 g/mol. The molecule has 1 aliphatic heterocycles. The summed E-state index contributed by atoms with van der Waals surface area (Å²) in [6, 6.07) is 5.58. The molecule has 1 aromatic rings. The molecule has 2 unspecified atom stereocenters.